The van der Waals surface area contributed by atoms with Gasteiger partial charge in [0.2, 0.25) is 11.8 Å². The Kier molecular flexibility index (Phi) is 5.37. The van der Waals surface area contributed by atoms with E-state index in [0.717, 1.165) is 5.56 Å². The Morgan fingerprint density at radius 2 is 1.63 bits per heavy atom. The van der Waals surface area contributed by atoms with Crippen molar-refractivity contribution in [3.05, 3.63) is 102 Å². The first-order chi connectivity index (χ1) is 14.4. The Morgan fingerprint density at radius 1 is 0.967 bits per heavy atom. The maximum atomic E-state index is 13.6. The molecule has 0 spiro atoms. The molecule has 0 amide bonds. The highest BCUT2D eigenvalue weighted by molar-refractivity contribution is 7.92. The molecule has 0 saturated heterocycles. The third-order valence-electron chi connectivity index (χ3n) is 4.59. The minimum atomic E-state index is -3.88. The SMILES string of the molecule is Cc1cc(F)ccc1-c1nc(Cc2ccccc2)oc1NS(=O)(=O)c1ccccc1. The lowest BCUT2D eigenvalue weighted by atomic mass is 10.1. The van der Waals surface area contributed by atoms with Crippen molar-refractivity contribution in [1.82, 2.24) is 4.98 Å². The highest BCUT2D eigenvalue weighted by Crippen LogP contribution is 2.33. The smallest absolute Gasteiger partial charge is 0.264 e. The number of halogens is 1. The summed E-state index contributed by atoms with van der Waals surface area (Å²) in [6.45, 7) is 1.74. The molecule has 4 aromatic rings. The van der Waals surface area contributed by atoms with Gasteiger partial charge >= 0.3 is 0 Å². The van der Waals surface area contributed by atoms with E-state index >= 15 is 0 Å². The largest absolute Gasteiger partial charge is 0.423 e. The highest BCUT2D eigenvalue weighted by Gasteiger charge is 2.23. The number of aromatic nitrogens is 1. The number of anilines is 1. The van der Waals surface area contributed by atoms with E-state index in [1.807, 2.05) is 30.3 Å². The van der Waals surface area contributed by atoms with E-state index < -0.39 is 10.0 Å². The Bertz CT molecular complexity index is 1270. The normalized spacial score (nSPS) is 11.4. The van der Waals surface area contributed by atoms with Gasteiger partial charge in [0.15, 0.2) is 0 Å². The van der Waals surface area contributed by atoms with Gasteiger partial charge in [-0.15, -0.1) is 0 Å². The van der Waals surface area contributed by atoms with E-state index in [1.165, 1.54) is 24.3 Å². The number of rotatable bonds is 6. The molecule has 0 aliphatic heterocycles. The van der Waals surface area contributed by atoms with Gasteiger partial charge in [-0.1, -0.05) is 48.5 Å². The molecule has 0 radical (unpaired) electrons. The molecule has 0 bridgehead atoms. The second-order valence-corrected chi connectivity index (χ2v) is 8.51. The van der Waals surface area contributed by atoms with Crippen molar-refractivity contribution >= 4 is 15.9 Å². The minimum absolute atomic E-state index is 0.000470. The molecule has 0 aliphatic rings. The molecule has 7 heteroatoms. The molecule has 30 heavy (non-hydrogen) atoms. The standard InChI is InChI=1S/C23H19FN2O3S/c1-16-14-18(24)12-13-20(16)22-23(26-30(27,28)19-10-6-3-7-11-19)29-21(25-22)15-17-8-4-2-5-9-17/h2-14,26H,15H2,1H3. The summed E-state index contributed by atoms with van der Waals surface area (Å²) in [7, 11) is -3.88. The van der Waals surface area contributed by atoms with Crippen LogP contribution in [0.2, 0.25) is 0 Å². The molecule has 0 fully saturated rings. The van der Waals surface area contributed by atoms with Crippen LogP contribution in [-0.4, -0.2) is 13.4 Å². The summed E-state index contributed by atoms with van der Waals surface area (Å²) in [4.78, 5) is 4.63. The lowest BCUT2D eigenvalue weighted by Gasteiger charge is -2.08. The molecule has 5 nitrogen and oxygen atoms in total. The predicted molar refractivity (Wildman–Crippen MR) is 113 cm³/mol. The third kappa shape index (κ3) is 4.26. The number of hydrogen-bond acceptors (Lipinski definition) is 4. The van der Waals surface area contributed by atoms with Gasteiger partial charge in [0.25, 0.3) is 10.0 Å². The number of oxazole rings is 1. The zero-order chi connectivity index (χ0) is 21.1. The molecule has 3 aromatic carbocycles. The zero-order valence-electron chi connectivity index (χ0n) is 16.2. The Balaban J connectivity index is 1.77. The molecule has 1 aromatic heterocycles. The second kappa shape index (κ2) is 8.12. The van der Waals surface area contributed by atoms with Gasteiger partial charge in [-0.05, 0) is 48.4 Å². The molecule has 1 N–H and O–H groups in total. The van der Waals surface area contributed by atoms with Gasteiger partial charge < -0.3 is 4.42 Å². The monoisotopic (exact) mass is 422 g/mol. The maximum absolute atomic E-state index is 13.6. The van der Waals surface area contributed by atoms with Crippen LogP contribution in [0.15, 0.2) is 88.2 Å². The summed E-state index contributed by atoms with van der Waals surface area (Å²) in [5.41, 5.74) is 2.50. The van der Waals surface area contributed by atoms with Crippen LogP contribution < -0.4 is 4.72 Å². The molecular weight excluding hydrogens is 403 g/mol. The second-order valence-electron chi connectivity index (χ2n) is 6.83. The molecular formula is C23H19FN2O3S. The molecule has 4 rings (SSSR count). The van der Waals surface area contributed by atoms with Crippen LogP contribution in [0.25, 0.3) is 11.3 Å². The number of hydrogen-bond donors (Lipinski definition) is 1. The van der Waals surface area contributed by atoms with E-state index in [2.05, 4.69) is 9.71 Å². The number of sulfonamides is 1. The first kappa shape index (κ1) is 19.8. The van der Waals surface area contributed by atoms with Crippen molar-refractivity contribution < 1.29 is 17.2 Å². The highest BCUT2D eigenvalue weighted by atomic mass is 32.2. The Hall–Kier alpha value is -3.45. The lowest BCUT2D eigenvalue weighted by molar-refractivity contribution is 0.521. The summed E-state index contributed by atoms with van der Waals surface area (Å²) in [6.07, 6.45) is 0.390. The fourth-order valence-electron chi connectivity index (χ4n) is 3.14. The van der Waals surface area contributed by atoms with Crippen LogP contribution in [0.5, 0.6) is 0 Å². The Morgan fingerprint density at radius 3 is 2.30 bits per heavy atom. The van der Waals surface area contributed by atoms with Crippen molar-refractivity contribution in [3.8, 4) is 11.3 Å². The zero-order valence-corrected chi connectivity index (χ0v) is 17.0. The van der Waals surface area contributed by atoms with Crippen LogP contribution in [-0.2, 0) is 16.4 Å². The number of nitrogens with zero attached hydrogens (tertiary/aromatic N) is 1. The molecule has 0 aliphatic carbocycles. The first-order valence-corrected chi connectivity index (χ1v) is 10.8. The third-order valence-corrected chi connectivity index (χ3v) is 5.94. The Labute approximate surface area is 174 Å². The van der Waals surface area contributed by atoms with Crippen molar-refractivity contribution in [2.75, 3.05) is 4.72 Å². The van der Waals surface area contributed by atoms with E-state index in [-0.39, 0.29) is 16.6 Å². The predicted octanol–water partition coefficient (Wildman–Crippen LogP) is 5.18. The van der Waals surface area contributed by atoms with Crippen LogP contribution in [0.1, 0.15) is 17.0 Å². The lowest BCUT2D eigenvalue weighted by Crippen LogP contribution is -2.13. The van der Waals surface area contributed by atoms with Crippen molar-refractivity contribution in [1.29, 1.82) is 0 Å². The number of nitrogens with one attached hydrogen (secondary N) is 1. The summed E-state index contributed by atoms with van der Waals surface area (Å²) in [5.74, 6) is -0.0270. The average Bonchev–Trinajstić information content (AvgIpc) is 3.10. The summed E-state index contributed by atoms with van der Waals surface area (Å²) in [6, 6.07) is 21.8. The van der Waals surface area contributed by atoms with Crippen LogP contribution in [0.4, 0.5) is 10.3 Å². The van der Waals surface area contributed by atoms with Gasteiger partial charge in [0.1, 0.15) is 11.5 Å². The average molecular weight is 422 g/mol. The van der Waals surface area contributed by atoms with Gasteiger partial charge in [0, 0.05) is 12.0 Å². The molecule has 1 heterocycles. The summed E-state index contributed by atoms with van der Waals surface area (Å²) in [5, 5.41) is 0. The van der Waals surface area contributed by atoms with Crippen molar-refractivity contribution in [3.63, 3.8) is 0 Å². The minimum Gasteiger partial charge on any atom is -0.423 e. The van der Waals surface area contributed by atoms with E-state index in [1.54, 1.807) is 31.2 Å². The molecule has 0 atom stereocenters. The number of aryl methyl sites for hydroxylation is 1. The van der Waals surface area contributed by atoms with Crippen molar-refractivity contribution in [2.24, 2.45) is 0 Å². The van der Waals surface area contributed by atoms with E-state index in [4.69, 9.17) is 4.42 Å². The van der Waals surface area contributed by atoms with Gasteiger partial charge in [0.05, 0.1) is 4.90 Å². The van der Waals surface area contributed by atoms with Crippen LogP contribution >= 0.6 is 0 Å². The fraction of sp³-hybridized carbons (Fsp3) is 0.0870. The first-order valence-electron chi connectivity index (χ1n) is 9.30. The summed E-state index contributed by atoms with van der Waals surface area (Å²) >= 11 is 0. The maximum Gasteiger partial charge on any atom is 0.264 e. The topological polar surface area (TPSA) is 72.2 Å². The quantitative estimate of drug-likeness (QED) is 0.465. The number of benzene rings is 3. The van der Waals surface area contributed by atoms with Crippen LogP contribution in [0.3, 0.4) is 0 Å². The van der Waals surface area contributed by atoms with Crippen molar-refractivity contribution in [2.45, 2.75) is 18.2 Å². The van der Waals surface area contributed by atoms with Gasteiger partial charge in [-0.3, -0.25) is 0 Å². The molecule has 0 unspecified atom stereocenters. The molecule has 152 valence electrons. The van der Waals surface area contributed by atoms with Gasteiger partial charge in [-0.2, -0.15) is 0 Å². The van der Waals surface area contributed by atoms with Crippen LogP contribution in [0, 0.1) is 12.7 Å². The fourth-order valence-corrected chi connectivity index (χ4v) is 4.15. The summed E-state index contributed by atoms with van der Waals surface area (Å²) < 4.78 is 47.6. The van der Waals surface area contributed by atoms with E-state index in [0.29, 0.717) is 29.1 Å². The van der Waals surface area contributed by atoms with E-state index in [9.17, 15) is 12.8 Å². The van der Waals surface area contributed by atoms with Gasteiger partial charge in [-0.25, -0.2) is 22.5 Å². The molecule has 0 saturated carbocycles.